The zero-order chi connectivity index (χ0) is 30.5. The molecule has 4 aromatic rings. The number of nitrogens with two attached hydrogens (primary N) is 1. The SMILES string of the molecule is Cc1cc(OCCCc2ccc3c(c2)C(=O)N(C(C)CC(=O)O)C(c2ccccc2)C(=O)N3c2ccccc2)nc(N)n1. The minimum absolute atomic E-state index is 0.146. The molecule has 3 N–H and O–H groups in total. The zero-order valence-electron chi connectivity index (χ0n) is 24.0. The summed E-state index contributed by atoms with van der Waals surface area (Å²) in [6, 6.07) is 23.6. The van der Waals surface area contributed by atoms with Crippen molar-refractivity contribution in [2.45, 2.75) is 45.2 Å². The van der Waals surface area contributed by atoms with E-state index in [1.165, 1.54) is 4.90 Å². The van der Waals surface area contributed by atoms with E-state index in [1.54, 1.807) is 54.3 Å². The molecule has 1 aliphatic rings. The second-order valence-corrected chi connectivity index (χ2v) is 10.5. The molecule has 0 bridgehead atoms. The standard InChI is InChI=1S/C33H33N5O5/c1-21-18-28(36-33(34)35-21)43-17-9-10-23-15-16-27-26(20-23)31(41)37(22(2)19-29(39)40)30(24-11-5-3-6-12-24)32(42)38(27)25-13-7-4-8-14-25/h3-8,11-16,18,20,22,30H,9-10,17,19H2,1-2H3,(H,39,40)(H2,34,35,36). The van der Waals surface area contributed by atoms with E-state index in [2.05, 4.69) is 9.97 Å². The number of carboxylic acid groups (broad SMARTS) is 1. The van der Waals surface area contributed by atoms with Gasteiger partial charge in [-0.25, -0.2) is 4.98 Å². The number of fused-ring (bicyclic) bond motifs is 1. The summed E-state index contributed by atoms with van der Waals surface area (Å²) in [5.74, 6) is -1.27. The lowest BCUT2D eigenvalue weighted by atomic mass is 10.00. The Hall–Kier alpha value is -5.25. The lowest BCUT2D eigenvalue weighted by molar-refractivity contribution is -0.138. The fraction of sp³-hybridized carbons (Fsp3) is 0.242. The van der Waals surface area contributed by atoms with Crippen molar-refractivity contribution in [3.63, 3.8) is 0 Å². The van der Waals surface area contributed by atoms with Crippen LogP contribution in [0, 0.1) is 6.92 Å². The first-order valence-electron chi connectivity index (χ1n) is 14.1. The van der Waals surface area contributed by atoms with Gasteiger partial charge in [0.1, 0.15) is 6.04 Å². The molecule has 5 rings (SSSR count). The van der Waals surface area contributed by atoms with Crippen molar-refractivity contribution >= 4 is 35.1 Å². The number of hydrogen-bond acceptors (Lipinski definition) is 7. The quantitative estimate of drug-likeness (QED) is 0.247. The van der Waals surface area contributed by atoms with Crippen LogP contribution in [-0.2, 0) is 16.0 Å². The largest absolute Gasteiger partial charge is 0.481 e. The third-order valence-corrected chi connectivity index (χ3v) is 7.28. The van der Waals surface area contributed by atoms with Gasteiger partial charge in [0.25, 0.3) is 11.8 Å². The van der Waals surface area contributed by atoms with Gasteiger partial charge in [0.15, 0.2) is 0 Å². The third kappa shape index (κ3) is 6.48. The summed E-state index contributed by atoms with van der Waals surface area (Å²) < 4.78 is 5.77. The van der Waals surface area contributed by atoms with Crippen molar-refractivity contribution in [1.29, 1.82) is 0 Å². The average molecular weight is 580 g/mol. The van der Waals surface area contributed by atoms with Gasteiger partial charge in [-0.3, -0.25) is 19.3 Å². The molecule has 220 valence electrons. The van der Waals surface area contributed by atoms with E-state index in [0.29, 0.717) is 53.5 Å². The van der Waals surface area contributed by atoms with Gasteiger partial charge in [-0.2, -0.15) is 4.98 Å². The Morgan fingerprint density at radius 2 is 1.70 bits per heavy atom. The summed E-state index contributed by atoms with van der Waals surface area (Å²) in [6.07, 6.45) is 0.905. The molecular formula is C33H33N5O5. The van der Waals surface area contributed by atoms with Gasteiger partial charge in [-0.1, -0.05) is 54.6 Å². The van der Waals surface area contributed by atoms with Crippen LogP contribution in [0.25, 0.3) is 0 Å². The van der Waals surface area contributed by atoms with Crippen molar-refractivity contribution in [2.24, 2.45) is 0 Å². The fourth-order valence-corrected chi connectivity index (χ4v) is 5.40. The molecular weight excluding hydrogens is 546 g/mol. The summed E-state index contributed by atoms with van der Waals surface area (Å²) in [5, 5.41) is 9.64. The number of nitrogen functional groups attached to an aromatic ring is 1. The Labute approximate surface area is 249 Å². The van der Waals surface area contributed by atoms with Gasteiger partial charge in [0, 0.05) is 23.5 Å². The zero-order valence-corrected chi connectivity index (χ0v) is 24.0. The lowest BCUT2D eigenvalue weighted by Gasteiger charge is -2.35. The second kappa shape index (κ2) is 12.7. The number of benzene rings is 3. The fourth-order valence-electron chi connectivity index (χ4n) is 5.40. The van der Waals surface area contributed by atoms with E-state index in [0.717, 1.165) is 5.56 Å². The maximum atomic E-state index is 14.5. The number of carbonyl (C=O) groups is 3. The number of nitrogens with zero attached hydrogens (tertiary/aromatic N) is 4. The Balaban J connectivity index is 1.52. The highest BCUT2D eigenvalue weighted by molar-refractivity contribution is 6.14. The first-order valence-corrected chi connectivity index (χ1v) is 14.1. The Bertz CT molecular complexity index is 1610. The summed E-state index contributed by atoms with van der Waals surface area (Å²) in [7, 11) is 0. The van der Waals surface area contributed by atoms with Crippen LogP contribution in [0.4, 0.5) is 17.3 Å². The molecule has 0 spiro atoms. The molecule has 2 atom stereocenters. The maximum Gasteiger partial charge on any atom is 0.305 e. The van der Waals surface area contributed by atoms with Crippen molar-refractivity contribution in [1.82, 2.24) is 14.9 Å². The molecule has 2 unspecified atom stereocenters. The van der Waals surface area contributed by atoms with Crippen LogP contribution >= 0.6 is 0 Å². The normalized spacial score (nSPS) is 15.5. The molecule has 3 aromatic carbocycles. The summed E-state index contributed by atoms with van der Waals surface area (Å²) in [4.78, 5) is 51.8. The molecule has 1 aromatic heterocycles. The number of aryl methyl sites for hydroxylation is 2. The second-order valence-electron chi connectivity index (χ2n) is 10.5. The minimum Gasteiger partial charge on any atom is -0.481 e. The molecule has 2 heterocycles. The van der Waals surface area contributed by atoms with Crippen LogP contribution in [-0.4, -0.2) is 50.4 Å². The van der Waals surface area contributed by atoms with Gasteiger partial charge in [0.2, 0.25) is 11.8 Å². The Kier molecular flexibility index (Phi) is 8.66. The van der Waals surface area contributed by atoms with Gasteiger partial charge in [-0.05, 0) is 62.1 Å². The number of amides is 2. The first-order chi connectivity index (χ1) is 20.7. The van der Waals surface area contributed by atoms with Crippen molar-refractivity contribution in [3.8, 4) is 5.88 Å². The van der Waals surface area contributed by atoms with Crippen molar-refractivity contribution in [2.75, 3.05) is 17.2 Å². The highest BCUT2D eigenvalue weighted by atomic mass is 16.5. The molecule has 0 fully saturated rings. The highest BCUT2D eigenvalue weighted by Crippen LogP contribution is 2.40. The Morgan fingerprint density at radius 3 is 2.37 bits per heavy atom. The molecule has 0 aliphatic carbocycles. The molecule has 0 saturated carbocycles. The Morgan fingerprint density at radius 1 is 1.00 bits per heavy atom. The number of carboxylic acids is 1. The monoisotopic (exact) mass is 579 g/mol. The number of anilines is 3. The van der Waals surface area contributed by atoms with Crippen LogP contribution in [0.3, 0.4) is 0 Å². The van der Waals surface area contributed by atoms with E-state index < -0.39 is 24.0 Å². The van der Waals surface area contributed by atoms with Gasteiger partial charge in [0.05, 0.1) is 24.3 Å². The smallest absolute Gasteiger partial charge is 0.305 e. The van der Waals surface area contributed by atoms with Gasteiger partial charge >= 0.3 is 5.97 Å². The maximum absolute atomic E-state index is 14.5. The number of carbonyl (C=O) groups excluding carboxylic acids is 2. The number of aliphatic carboxylic acids is 1. The predicted octanol–water partition coefficient (Wildman–Crippen LogP) is 5.10. The topological polar surface area (TPSA) is 139 Å². The number of aromatic nitrogens is 2. The lowest BCUT2D eigenvalue weighted by Crippen LogP contribution is -2.46. The summed E-state index contributed by atoms with van der Waals surface area (Å²) >= 11 is 0. The molecule has 43 heavy (non-hydrogen) atoms. The van der Waals surface area contributed by atoms with Gasteiger partial charge < -0.3 is 20.5 Å². The summed E-state index contributed by atoms with van der Waals surface area (Å²) in [5.41, 5.74) is 9.27. The number of ether oxygens (including phenoxy) is 1. The third-order valence-electron chi connectivity index (χ3n) is 7.28. The van der Waals surface area contributed by atoms with Crippen LogP contribution < -0.4 is 15.4 Å². The van der Waals surface area contributed by atoms with Crippen molar-refractivity contribution in [3.05, 3.63) is 107 Å². The van der Waals surface area contributed by atoms with Crippen LogP contribution in [0.1, 0.15) is 53.0 Å². The summed E-state index contributed by atoms with van der Waals surface area (Å²) in [6.45, 7) is 3.84. The average Bonchev–Trinajstić information content (AvgIpc) is 3.07. The highest BCUT2D eigenvalue weighted by Gasteiger charge is 2.43. The number of hydrogen-bond donors (Lipinski definition) is 2. The molecule has 0 radical (unpaired) electrons. The predicted molar refractivity (Wildman–Crippen MR) is 162 cm³/mol. The van der Waals surface area contributed by atoms with Gasteiger partial charge in [-0.15, -0.1) is 0 Å². The molecule has 0 saturated heterocycles. The van der Waals surface area contributed by atoms with E-state index in [9.17, 15) is 19.5 Å². The molecule has 2 amide bonds. The number of rotatable bonds is 10. The van der Waals surface area contributed by atoms with Crippen molar-refractivity contribution < 1.29 is 24.2 Å². The van der Waals surface area contributed by atoms with Crippen LogP contribution in [0.2, 0.25) is 0 Å². The molecule has 10 nitrogen and oxygen atoms in total. The van der Waals surface area contributed by atoms with Crippen LogP contribution in [0.15, 0.2) is 84.9 Å². The number of para-hydroxylation sites is 1. The van der Waals surface area contributed by atoms with E-state index in [1.807, 2.05) is 49.4 Å². The molecule has 10 heteroatoms. The first kappa shape index (κ1) is 29.2. The molecule has 1 aliphatic heterocycles. The minimum atomic E-state index is -1.06. The van der Waals surface area contributed by atoms with E-state index >= 15 is 0 Å². The van der Waals surface area contributed by atoms with Crippen LogP contribution in [0.5, 0.6) is 5.88 Å². The van der Waals surface area contributed by atoms with E-state index in [-0.39, 0.29) is 18.3 Å². The van der Waals surface area contributed by atoms with E-state index in [4.69, 9.17) is 10.5 Å².